The van der Waals surface area contributed by atoms with Crippen molar-refractivity contribution < 1.29 is 13.9 Å². The molecule has 0 bridgehead atoms. The van der Waals surface area contributed by atoms with Crippen LogP contribution in [0.3, 0.4) is 0 Å². The molecule has 0 amide bonds. The largest absolute Gasteiger partial charge is 0.393 e. The Balaban J connectivity index is 3.07. The lowest BCUT2D eigenvalue weighted by Crippen LogP contribution is -2.08. The first-order valence-electron chi connectivity index (χ1n) is 4.69. The number of aryl methyl sites for hydroxylation is 1. The number of hydrogen-bond donors (Lipinski definition) is 1. The quantitative estimate of drug-likeness (QED) is 0.794. The smallest absolute Gasteiger partial charge is 0.162 e. The van der Waals surface area contributed by atoms with Gasteiger partial charge in [-0.05, 0) is 30.5 Å². The second-order valence-corrected chi connectivity index (χ2v) is 3.46. The van der Waals surface area contributed by atoms with Crippen LogP contribution in [0.4, 0.5) is 8.78 Å². The Morgan fingerprint density at radius 1 is 1.36 bits per heavy atom. The SMILES string of the molecule is CCc1cc(F)c(F)c(CC(C)O)c1. The number of benzene rings is 1. The number of hydrogen-bond acceptors (Lipinski definition) is 1. The molecule has 1 aromatic rings. The monoisotopic (exact) mass is 200 g/mol. The number of aliphatic hydroxyl groups is 1. The summed E-state index contributed by atoms with van der Waals surface area (Å²) in [6.07, 6.45) is 0.150. The highest BCUT2D eigenvalue weighted by Crippen LogP contribution is 2.17. The minimum Gasteiger partial charge on any atom is -0.393 e. The molecule has 0 aromatic heterocycles. The molecule has 78 valence electrons. The molecule has 0 aliphatic carbocycles. The van der Waals surface area contributed by atoms with Crippen LogP contribution < -0.4 is 0 Å². The van der Waals surface area contributed by atoms with Crippen molar-refractivity contribution in [3.05, 3.63) is 34.9 Å². The molecule has 0 radical (unpaired) electrons. The standard InChI is InChI=1S/C11H14F2O/c1-3-8-5-9(4-7(2)14)11(13)10(12)6-8/h5-7,14H,3-4H2,1-2H3. The average molecular weight is 200 g/mol. The fourth-order valence-electron chi connectivity index (χ4n) is 1.38. The van der Waals surface area contributed by atoms with Crippen molar-refractivity contribution in [2.75, 3.05) is 0 Å². The normalized spacial score (nSPS) is 12.9. The maximum absolute atomic E-state index is 13.2. The zero-order valence-electron chi connectivity index (χ0n) is 8.35. The van der Waals surface area contributed by atoms with Gasteiger partial charge in [0.25, 0.3) is 0 Å². The molecule has 14 heavy (non-hydrogen) atoms. The van der Waals surface area contributed by atoms with Crippen molar-refractivity contribution in [1.82, 2.24) is 0 Å². The van der Waals surface area contributed by atoms with Gasteiger partial charge in [0.2, 0.25) is 0 Å². The van der Waals surface area contributed by atoms with Crippen LogP contribution in [0.2, 0.25) is 0 Å². The molecule has 0 aliphatic heterocycles. The Labute approximate surface area is 82.4 Å². The predicted molar refractivity (Wildman–Crippen MR) is 51.1 cm³/mol. The van der Waals surface area contributed by atoms with E-state index in [1.54, 1.807) is 13.0 Å². The first-order chi connectivity index (χ1) is 6.54. The van der Waals surface area contributed by atoms with E-state index in [1.807, 2.05) is 6.92 Å². The molecule has 0 aliphatic rings. The van der Waals surface area contributed by atoms with Crippen LogP contribution in [0, 0.1) is 11.6 Å². The molecule has 0 heterocycles. The molecular weight excluding hydrogens is 186 g/mol. The summed E-state index contributed by atoms with van der Waals surface area (Å²) in [5, 5.41) is 9.10. The lowest BCUT2D eigenvalue weighted by molar-refractivity contribution is 0.193. The molecule has 0 fully saturated rings. The van der Waals surface area contributed by atoms with Crippen LogP contribution in [0.15, 0.2) is 12.1 Å². The third kappa shape index (κ3) is 2.51. The Bertz CT molecular complexity index is 321. The maximum Gasteiger partial charge on any atom is 0.162 e. The Morgan fingerprint density at radius 2 is 2.00 bits per heavy atom. The lowest BCUT2D eigenvalue weighted by atomic mass is 10.0. The van der Waals surface area contributed by atoms with Crippen LogP contribution in [-0.4, -0.2) is 11.2 Å². The van der Waals surface area contributed by atoms with E-state index in [1.165, 1.54) is 6.07 Å². The molecule has 0 saturated carbocycles. The first kappa shape index (κ1) is 11.1. The molecule has 1 N–H and O–H groups in total. The summed E-state index contributed by atoms with van der Waals surface area (Å²) in [4.78, 5) is 0. The van der Waals surface area contributed by atoms with Gasteiger partial charge in [0.1, 0.15) is 0 Å². The number of halogens is 2. The second kappa shape index (κ2) is 4.51. The summed E-state index contributed by atoms with van der Waals surface area (Å²) >= 11 is 0. The summed E-state index contributed by atoms with van der Waals surface area (Å²) < 4.78 is 26.2. The van der Waals surface area contributed by atoms with E-state index in [9.17, 15) is 8.78 Å². The highest BCUT2D eigenvalue weighted by atomic mass is 19.2. The van der Waals surface area contributed by atoms with Crippen LogP contribution >= 0.6 is 0 Å². The minimum absolute atomic E-state index is 0.149. The van der Waals surface area contributed by atoms with Crippen LogP contribution in [0.5, 0.6) is 0 Å². The van der Waals surface area contributed by atoms with Gasteiger partial charge in [0, 0.05) is 6.42 Å². The van der Waals surface area contributed by atoms with Gasteiger partial charge >= 0.3 is 0 Å². The zero-order chi connectivity index (χ0) is 10.7. The lowest BCUT2D eigenvalue weighted by Gasteiger charge is -2.08. The first-order valence-corrected chi connectivity index (χ1v) is 4.69. The highest BCUT2D eigenvalue weighted by Gasteiger charge is 2.11. The molecule has 0 saturated heterocycles. The predicted octanol–water partition coefficient (Wildman–Crippen LogP) is 2.45. The maximum atomic E-state index is 13.2. The van der Waals surface area contributed by atoms with Gasteiger partial charge in [0.05, 0.1) is 6.10 Å². The van der Waals surface area contributed by atoms with Gasteiger partial charge in [-0.2, -0.15) is 0 Å². The molecule has 1 atom stereocenters. The molecule has 1 nitrogen and oxygen atoms in total. The summed E-state index contributed by atoms with van der Waals surface area (Å²) in [6, 6.07) is 2.80. The van der Waals surface area contributed by atoms with E-state index in [-0.39, 0.29) is 12.0 Å². The van der Waals surface area contributed by atoms with E-state index in [4.69, 9.17) is 5.11 Å². The van der Waals surface area contributed by atoms with Gasteiger partial charge in [-0.3, -0.25) is 0 Å². The van der Waals surface area contributed by atoms with Gasteiger partial charge in [-0.25, -0.2) is 8.78 Å². The van der Waals surface area contributed by atoms with E-state index >= 15 is 0 Å². The van der Waals surface area contributed by atoms with Crippen LogP contribution in [-0.2, 0) is 12.8 Å². The summed E-state index contributed by atoms with van der Waals surface area (Å²) in [5.74, 6) is -1.68. The van der Waals surface area contributed by atoms with Crippen LogP contribution in [0.1, 0.15) is 25.0 Å². The van der Waals surface area contributed by atoms with Crippen molar-refractivity contribution in [1.29, 1.82) is 0 Å². The van der Waals surface area contributed by atoms with Crippen molar-refractivity contribution in [2.24, 2.45) is 0 Å². The Kier molecular flexibility index (Phi) is 3.58. The Hall–Kier alpha value is -0.960. The average Bonchev–Trinajstić information content (AvgIpc) is 2.11. The van der Waals surface area contributed by atoms with Crippen molar-refractivity contribution in [3.8, 4) is 0 Å². The van der Waals surface area contributed by atoms with E-state index < -0.39 is 17.7 Å². The molecule has 0 spiro atoms. The minimum atomic E-state index is -0.844. The van der Waals surface area contributed by atoms with Crippen molar-refractivity contribution in [3.63, 3.8) is 0 Å². The third-order valence-corrected chi connectivity index (χ3v) is 2.09. The van der Waals surface area contributed by atoms with Gasteiger partial charge < -0.3 is 5.11 Å². The number of rotatable bonds is 3. The molecular formula is C11H14F2O. The molecule has 3 heteroatoms. The van der Waals surface area contributed by atoms with Gasteiger partial charge in [-0.1, -0.05) is 13.0 Å². The topological polar surface area (TPSA) is 20.2 Å². The van der Waals surface area contributed by atoms with Crippen molar-refractivity contribution >= 4 is 0 Å². The van der Waals surface area contributed by atoms with E-state index in [0.29, 0.717) is 6.42 Å². The van der Waals surface area contributed by atoms with Gasteiger partial charge in [-0.15, -0.1) is 0 Å². The van der Waals surface area contributed by atoms with Crippen molar-refractivity contribution in [2.45, 2.75) is 32.8 Å². The fourth-order valence-corrected chi connectivity index (χ4v) is 1.38. The van der Waals surface area contributed by atoms with E-state index in [2.05, 4.69) is 0 Å². The molecule has 1 unspecified atom stereocenters. The summed E-state index contributed by atoms with van der Waals surface area (Å²) in [6.45, 7) is 3.43. The van der Waals surface area contributed by atoms with Gasteiger partial charge in [0.15, 0.2) is 11.6 Å². The fraction of sp³-hybridized carbons (Fsp3) is 0.455. The molecule has 1 aromatic carbocycles. The third-order valence-electron chi connectivity index (χ3n) is 2.09. The summed E-state index contributed by atoms with van der Waals surface area (Å²) in [5.41, 5.74) is 0.997. The Morgan fingerprint density at radius 3 is 2.50 bits per heavy atom. The summed E-state index contributed by atoms with van der Waals surface area (Å²) in [7, 11) is 0. The second-order valence-electron chi connectivity index (χ2n) is 3.46. The zero-order valence-corrected chi connectivity index (χ0v) is 8.35. The van der Waals surface area contributed by atoms with Crippen LogP contribution in [0.25, 0.3) is 0 Å². The van der Waals surface area contributed by atoms with E-state index in [0.717, 1.165) is 5.56 Å². The highest BCUT2D eigenvalue weighted by molar-refractivity contribution is 5.27. The number of aliphatic hydroxyl groups excluding tert-OH is 1. The molecule has 1 rings (SSSR count).